The fourth-order valence-electron chi connectivity index (χ4n) is 4.25. The van der Waals surface area contributed by atoms with E-state index in [4.69, 9.17) is 16.3 Å². The van der Waals surface area contributed by atoms with Crippen LogP contribution in [0.4, 0.5) is 9.18 Å². The highest BCUT2D eigenvalue weighted by atomic mass is 35.5. The topological polar surface area (TPSA) is 91.8 Å². The maximum Gasteiger partial charge on any atom is 0.410 e. The van der Waals surface area contributed by atoms with Gasteiger partial charge < -0.3 is 19.9 Å². The molecule has 1 aliphatic rings. The van der Waals surface area contributed by atoms with Crippen LogP contribution < -0.4 is 5.32 Å². The molecule has 0 saturated carbocycles. The van der Waals surface area contributed by atoms with Gasteiger partial charge in [0.2, 0.25) is 5.91 Å². The van der Waals surface area contributed by atoms with Crippen molar-refractivity contribution >= 4 is 29.5 Å². The quantitative estimate of drug-likeness (QED) is 0.667. The number of benzene rings is 1. The van der Waals surface area contributed by atoms with Gasteiger partial charge in [0.1, 0.15) is 17.1 Å². The number of carbonyl (C=O) groups is 3. The number of ether oxygens (including phenoxy) is 1. The van der Waals surface area contributed by atoms with E-state index in [-0.39, 0.29) is 46.9 Å². The molecule has 1 aromatic heterocycles. The molecule has 0 unspecified atom stereocenters. The molecule has 10 heteroatoms. The average Bonchev–Trinajstić information content (AvgIpc) is 2.77. The zero-order chi connectivity index (χ0) is 26.1. The zero-order valence-corrected chi connectivity index (χ0v) is 21.4. The summed E-state index contributed by atoms with van der Waals surface area (Å²) in [6.07, 6.45) is 0.874. The molecule has 35 heavy (non-hydrogen) atoms. The van der Waals surface area contributed by atoms with E-state index in [1.807, 2.05) is 0 Å². The maximum absolute atomic E-state index is 16.0. The van der Waals surface area contributed by atoms with Crippen LogP contribution in [0.15, 0.2) is 30.5 Å². The van der Waals surface area contributed by atoms with Crippen molar-refractivity contribution in [3.05, 3.63) is 52.6 Å². The van der Waals surface area contributed by atoms with Crippen LogP contribution in [0.2, 0.25) is 5.02 Å². The molecule has 3 amide bonds. The first-order valence-corrected chi connectivity index (χ1v) is 11.6. The first-order valence-electron chi connectivity index (χ1n) is 11.3. The van der Waals surface area contributed by atoms with Crippen LogP contribution in [-0.2, 0) is 9.53 Å². The van der Waals surface area contributed by atoms with Crippen molar-refractivity contribution in [1.82, 2.24) is 20.1 Å². The number of hydrogen-bond donors (Lipinski definition) is 1. The van der Waals surface area contributed by atoms with Gasteiger partial charge in [0, 0.05) is 55.4 Å². The van der Waals surface area contributed by atoms with E-state index in [0.29, 0.717) is 5.56 Å². The predicted octanol–water partition coefficient (Wildman–Crippen LogP) is 4.43. The number of nitrogens with one attached hydrogen (secondary N) is 1. The SMILES string of the molecule is CNC(=O)c1cc(-c2cc(Cl)cc([C@@H]3CN(C(=O)OC(C)(C)C)C[C@@H](C)N3C(C)=O)c2F)ccn1. The molecule has 8 nitrogen and oxygen atoms in total. The highest BCUT2D eigenvalue weighted by Gasteiger charge is 2.39. The molecule has 188 valence electrons. The van der Waals surface area contributed by atoms with Crippen LogP contribution in [-0.4, -0.2) is 64.5 Å². The van der Waals surface area contributed by atoms with Crippen LogP contribution in [0.5, 0.6) is 0 Å². The highest BCUT2D eigenvalue weighted by molar-refractivity contribution is 6.31. The van der Waals surface area contributed by atoms with Gasteiger partial charge in [0.25, 0.3) is 5.91 Å². The Hall–Kier alpha value is -3.20. The van der Waals surface area contributed by atoms with E-state index in [9.17, 15) is 14.4 Å². The number of halogens is 2. The third-order valence-electron chi connectivity index (χ3n) is 5.66. The summed E-state index contributed by atoms with van der Waals surface area (Å²) in [7, 11) is 1.48. The second-order valence-electron chi connectivity index (χ2n) is 9.54. The molecule has 0 radical (unpaired) electrons. The van der Waals surface area contributed by atoms with Gasteiger partial charge in [-0.3, -0.25) is 14.6 Å². The zero-order valence-electron chi connectivity index (χ0n) is 20.7. The smallest absolute Gasteiger partial charge is 0.410 e. The first kappa shape index (κ1) is 26.4. The first-order chi connectivity index (χ1) is 16.3. The number of rotatable bonds is 3. The third-order valence-corrected chi connectivity index (χ3v) is 5.88. The van der Waals surface area contributed by atoms with Gasteiger partial charge in [-0.25, -0.2) is 9.18 Å². The van der Waals surface area contributed by atoms with E-state index in [2.05, 4.69) is 10.3 Å². The Labute approximate surface area is 209 Å². The summed E-state index contributed by atoms with van der Waals surface area (Å²) in [5.41, 5.74) is 0.152. The molecule has 1 fully saturated rings. The fourth-order valence-corrected chi connectivity index (χ4v) is 4.48. The lowest BCUT2D eigenvalue weighted by atomic mass is 9.94. The van der Waals surface area contributed by atoms with E-state index in [1.54, 1.807) is 38.7 Å². The Bertz CT molecular complexity index is 1150. The molecule has 1 saturated heterocycles. The van der Waals surface area contributed by atoms with Crippen LogP contribution in [0.3, 0.4) is 0 Å². The summed E-state index contributed by atoms with van der Waals surface area (Å²) in [6.45, 7) is 8.80. The number of aromatic nitrogens is 1. The molecular weight excluding hydrogens is 475 g/mol. The number of carbonyl (C=O) groups excluding carboxylic acids is 3. The van der Waals surface area contributed by atoms with Crippen LogP contribution in [0, 0.1) is 5.82 Å². The monoisotopic (exact) mass is 504 g/mol. The van der Waals surface area contributed by atoms with Gasteiger partial charge in [-0.2, -0.15) is 0 Å². The van der Waals surface area contributed by atoms with Gasteiger partial charge in [-0.05, 0) is 57.5 Å². The van der Waals surface area contributed by atoms with E-state index in [1.165, 1.54) is 43.3 Å². The Morgan fingerprint density at radius 2 is 1.89 bits per heavy atom. The summed E-state index contributed by atoms with van der Waals surface area (Å²) in [5, 5.41) is 2.74. The standard InChI is InChI=1S/C25H30ClFN4O4/c1-14-12-30(24(34)35-25(3,4)5)13-21(31(14)15(2)32)19-11-17(26)10-18(22(19)27)16-7-8-29-20(9-16)23(33)28-6/h7-11,14,21H,12-13H2,1-6H3,(H,28,33)/t14-,21+/m1/s1. The number of hydrogen-bond acceptors (Lipinski definition) is 5. The number of piperazine rings is 1. The summed E-state index contributed by atoms with van der Waals surface area (Å²) in [6, 6.07) is 4.79. The minimum atomic E-state index is -0.790. The summed E-state index contributed by atoms with van der Waals surface area (Å²) in [5.74, 6) is -1.26. The van der Waals surface area contributed by atoms with E-state index < -0.39 is 29.5 Å². The highest BCUT2D eigenvalue weighted by Crippen LogP contribution is 2.37. The van der Waals surface area contributed by atoms with E-state index in [0.717, 1.165) is 0 Å². The largest absolute Gasteiger partial charge is 0.444 e. The van der Waals surface area contributed by atoms with Gasteiger partial charge in [-0.15, -0.1) is 0 Å². The molecular formula is C25H30ClFN4O4. The summed E-state index contributed by atoms with van der Waals surface area (Å²) in [4.78, 5) is 44.5. The van der Waals surface area contributed by atoms with Gasteiger partial charge in [0.15, 0.2) is 0 Å². The minimum absolute atomic E-state index is 0.0371. The van der Waals surface area contributed by atoms with Gasteiger partial charge in [-0.1, -0.05) is 11.6 Å². The molecule has 1 aliphatic heterocycles. The number of pyridine rings is 1. The molecule has 0 spiro atoms. The average molecular weight is 505 g/mol. The molecule has 0 aliphatic carbocycles. The Balaban J connectivity index is 2.09. The predicted molar refractivity (Wildman–Crippen MR) is 131 cm³/mol. The van der Waals surface area contributed by atoms with Crippen molar-refractivity contribution in [1.29, 1.82) is 0 Å². The van der Waals surface area contributed by atoms with Crippen molar-refractivity contribution in [2.75, 3.05) is 20.1 Å². The molecule has 1 aromatic carbocycles. The van der Waals surface area contributed by atoms with Crippen molar-refractivity contribution < 1.29 is 23.5 Å². The van der Waals surface area contributed by atoms with Gasteiger partial charge in [0.05, 0.1) is 6.04 Å². The molecule has 1 N–H and O–H groups in total. The lowest BCUT2D eigenvalue weighted by Crippen LogP contribution is -2.57. The second kappa shape index (κ2) is 10.2. The summed E-state index contributed by atoms with van der Waals surface area (Å²) < 4.78 is 21.6. The molecule has 2 aromatic rings. The van der Waals surface area contributed by atoms with Crippen molar-refractivity contribution in [2.45, 2.75) is 52.3 Å². The minimum Gasteiger partial charge on any atom is -0.444 e. The Morgan fingerprint density at radius 3 is 2.49 bits per heavy atom. The van der Waals surface area contributed by atoms with Crippen molar-refractivity contribution in [3.63, 3.8) is 0 Å². The van der Waals surface area contributed by atoms with E-state index >= 15 is 4.39 Å². The lowest BCUT2D eigenvalue weighted by Gasteiger charge is -2.45. The second-order valence-corrected chi connectivity index (χ2v) is 9.98. The van der Waals surface area contributed by atoms with Crippen LogP contribution in [0.25, 0.3) is 11.1 Å². The third kappa shape index (κ3) is 5.90. The van der Waals surface area contributed by atoms with Crippen LogP contribution in [0.1, 0.15) is 56.7 Å². The molecule has 2 atom stereocenters. The van der Waals surface area contributed by atoms with Crippen LogP contribution >= 0.6 is 11.6 Å². The number of nitrogens with zero attached hydrogens (tertiary/aromatic N) is 3. The normalized spacial score (nSPS) is 18.3. The fraction of sp³-hybridized carbons (Fsp3) is 0.440. The number of amides is 3. The molecule has 2 heterocycles. The van der Waals surface area contributed by atoms with Crippen molar-refractivity contribution in [3.8, 4) is 11.1 Å². The molecule has 3 rings (SSSR count). The summed E-state index contributed by atoms with van der Waals surface area (Å²) >= 11 is 6.40. The maximum atomic E-state index is 16.0. The molecule has 0 bridgehead atoms. The Kier molecular flexibility index (Phi) is 7.69. The van der Waals surface area contributed by atoms with Gasteiger partial charge >= 0.3 is 6.09 Å². The Morgan fingerprint density at radius 1 is 1.20 bits per heavy atom. The lowest BCUT2D eigenvalue weighted by molar-refractivity contribution is -0.137. The van der Waals surface area contributed by atoms with Crippen molar-refractivity contribution in [2.24, 2.45) is 0 Å².